The van der Waals surface area contributed by atoms with Crippen molar-refractivity contribution in [3.05, 3.63) is 78.9 Å². The van der Waals surface area contributed by atoms with Crippen molar-refractivity contribution >= 4 is 59.9 Å². The fraction of sp³-hybridized carbons (Fsp3) is 0. The number of fused-ring (bicyclic) bond motifs is 1. The Morgan fingerprint density at radius 1 is 0.542 bits per heavy atom. The molecular weight excluding hydrogens is 288 g/mol. The van der Waals surface area contributed by atoms with Crippen molar-refractivity contribution in [2.75, 3.05) is 0 Å². The zero-order chi connectivity index (χ0) is 15.8. The third kappa shape index (κ3) is 1.27. The van der Waals surface area contributed by atoms with E-state index < -0.39 is 0 Å². The lowest BCUT2D eigenvalue weighted by Crippen LogP contribution is -1.91. The summed E-state index contributed by atoms with van der Waals surface area (Å²) in [5.74, 6) is 0. The summed E-state index contributed by atoms with van der Waals surface area (Å²) >= 11 is 0. The van der Waals surface area contributed by atoms with Gasteiger partial charge in [0.05, 0.1) is 0 Å². The third-order valence-electron chi connectivity index (χ3n) is 5.51. The van der Waals surface area contributed by atoms with E-state index in [-0.39, 0.29) is 0 Å². The van der Waals surface area contributed by atoms with Gasteiger partial charge in [0.1, 0.15) is 0 Å². The van der Waals surface area contributed by atoms with E-state index in [2.05, 4.69) is 73.3 Å². The Hall–Kier alpha value is -3.12. The maximum atomic E-state index is 4.04. The average molecular weight is 302 g/mol. The van der Waals surface area contributed by atoms with Gasteiger partial charge in [-0.25, -0.2) is 0 Å². The Kier molecular flexibility index (Phi) is 2.07. The van der Waals surface area contributed by atoms with Gasteiger partial charge in [-0.3, -0.25) is 0 Å². The summed E-state index contributed by atoms with van der Waals surface area (Å²) in [4.78, 5) is 0. The van der Waals surface area contributed by atoms with Gasteiger partial charge in [-0.05, 0) is 65.5 Å². The molecule has 0 aliphatic carbocycles. The second-order valence-corrected chi connectivity index (χ2v) is 6.63. The summed E-state index contributed by atoms with van der Waals surface area (Å²) in [5, 5.41) is 13.5. The predicted octanol–water partition coefficient (Wildman–Crippen LogP) is 6.97. The number of rotatable bonds is 1. The molecule has 0 radical (unpaired) electrons. The van der Waals surface area contributed by atoms with Crippen LogP contribution in [0.5, 0.6) is 0 Å². The van der Waals surface area contributed by atoms with E-state index in [4.69, 9.17) is 0 Å². The molecule has 0 spiro atoms. The van der Waals surface area contributed by atoms with Gasteiger partial charge in [-0.2, -0.15) is 0 Å². The standard InChI is InChI=1S/C24H14/c1-2-14-13-17-10-9-15-5-3-7-19-20-8-4-6-16-11-12-18(14)24(22(16)20)23(17)21(15)19/h2-13H,1H2. The minimum atomic E-state index is 1.22. The monoisotopic (exact) mass is 302 g/mol. The van der Waals surface area contributed by atoms with Crippen molar-refractivity contribution in [2.24, 2.45) is 0 Å². The van der Waals surface area contributed by atoms with Crippen LogP contribution in [-0.4, -0.2) is 0 Å². The molecule has 6 aromatic carbocycles. The van der Waals surface area contributed by atoms with Gasteiger partial charge in [-0.1, -0.05) is 73.3 Å². The van der Waals surface area contributed by atoms with Crippen molar-refractivity contribution < 1.29 is 0 Å². The van der Waals surface area contributed by atoms with Crippen molar-refractivity contribution in [3.8, 4) is 0 Å². The van der Waals surface area contributed by atoms with Crippen LogP contribution in [0.3, 0.4) is 0 Å². The van der Waals surface area contributed by atoms with Gasteiger partial charge in [0, 0.05) is 0 Å². The van der Waals surface area contributed by atoms with E-state index in [1.165, 1.54) is 59.4 Å². The zero-order valence-corrected chi connectivity index (χ0v) is 13.1. The van der Waals surface area contributed by atoms with E-state index in [1.807, 2.05) is 6.08 Å². The van der Waals surface area contributed by atoms with Gasteiger partial charge in [0.25, 0.3) is 0 Å². The zero-order valence-electron chi connectivity index (χ0n) is 13.1. The maximum Gasteiger partial charge on any atom is -0.000808 e. The lowest BCUT2D eigenvalue weighted by atomic mass is 9.84. The second-order valence-electron chi connectivity index (χ2n) is 6.63. The molecule has 24 heavy (non-hydrogen) atoms. The van der Waals surface area contributed by atoms with Crippen LogP contribution in [0.1, 0.15) is 5.56 Å². The lowest BCUT2D eigenvalue weighted by molar-refractivity contribution is 1.77. The van der Waals surface area contributed by atoms with Gasteiger partial charge >= 0.3 is 0 Å². The van der Waals surface area contributed by atoms with Gasteiger partial charge in [-0.15, -0.1) is 0 Å². The molecule has 0 saturated heterocycles. The first kappa shape index (κ1) is 12.3. The molecule has 0 bridgehead atoms. The number of benzene rings is 6. The van der Waals surface area contributed by atoms with E-state index in [1.54, 1.807) is 0 Å². The van der Waals surface area contributed by atoms with Crippen LogP contribution in [0.4, 0.5) is 0 Å². The molecule has 0 heteroatoms. The van der Waals surface area contributed by atoms with Crippen LogP contribution in [0.15, 0.2) is 73.3 Å². The molecule has 110 valence electrons. The van der Waals surface area contributed by atoms with E-state index >= 15 is 0 Å². The predicted molar refractivity (Wildman–Crippen MR) is 106 cm³/mol. The summed E-state index contributed by atoms with van der Waals surface area (Å²) in [5.41, 5.74) is 1.22. The molecule has 0 N–H and O–H groups in total. The average Bonchev–Trinajstić information content (AvgIpc) is 2.65. The van der Waals surface area contributed by atoms with Crippen molar-refractivity contribution in [3.63, 3.8) is 0 Å². The van der Waals surface area contributed by atoms with E-state index in [0.29, 0.717) is 0 Å². The first-order chi connectivity index (χ1) is 11.9. The highest BCUT2D eigenvalue weighted by molar-refractivity contribution is 6.40. The van der Waals surface area contributed by atoms with Crippen molar-refractivity contribution in [2.45, 2.75) is 0 Å². The Morgan fingerprint density at radius 3 is 1.88 bits per heavy atom. The Morgan fingerprint density at radius 2 is 1.17 bits per heavy atom. The fourth-order valence-corrected chi connectivity index (χ4v) is 4.53. The first-order valence-electron chi connectivity index (χ1n) is 8.33. The normalized spacial score (nSPS) is 12.3. The van der Waals surface area contributed by atoms with Crippen molar-refractivity contribution in [1.29, 1.82) is 0 Å². The summed E-state index contributed by atoms with van der Waals surface area (Å²) in [6.07, 6.45) is 1.98. The quantitative estimate of drug-likeness (QED) is 0.227. The molecule has 0 amide bonds. The van der Waals surface area contributed by atoms with Crippen LogP contribution in [0.2, 0.25) is 0 Å². The third-order valence-corrected chi connectivity index (χ3v) is 5.51. The number of hydrogen-bond acceptors (Lipinski definition) is 0. The Bertz CT molecular complexity index is 1400. The lowest BCUT2D eigenvalue weighted by Gasteiger charge is -2.19. The minimum absolute atomic E-state index is 1.22. The van der Waals surface area contributed by atoms with Crippen LogP contribution < -0.4 is 0 Å². The molecule has 0 nitrogen and oxygen atoms in total. The summed E-state index contributed by atoms with van der Waals surface area (Å²) < 4.78 is 0. The van der Waals surface area contributed by atoms with Crippen molar-refractivity contribution in [1.82, 2.24) is 0 Å². The van der Waals surface area contributed by atoms with Crippen LogP contribution in [0.25, 0.3) is 59.9 Å². The first-order valence-corrected chi connectivity index (χ1v) is 8.33. The van der Waals surface area contributed by atoms with E-state index in [9.17, 15) is 0 Å². The summed E-state index contributed by atoms with van der Waals surface area (Å²) in [6.45, 7) is 4.04. The highest BCUT2D eigenvalue weighted by Gasteiger charge is 2.17. The second kappa shape index (κ2) is 4.04. The molecule has 0 heterocycles. The number of hydrogen-bond donors (Lipinski definition) is 0. The molecule has 6 aromatic rings. The largest absolute Gasteiger partial charge is 0.0984 e. The molecule has 0 aromatic heterocycles. The highest BCUT2D eigenvalue weighted by Crippen LogP contribution is 2.45. The SMILES string of the molecule is C=Cc1cc2ccc3cccc4c5cccc6ccc1c(c65)c2c34. The van der Waals surface area contributed by atoms with Crippen LogP contribution in [0, 0.1) is 0 Å². The fourth-order valence-electron chi connectivity index (χ4n) is 4.53. The van der Waals surface area contributed by atoms with E-state index in [0.717, 1.165) is 0 Å². The Balaban J connectivity index is 2.17. The molecule has 0 aliphatic heterocycles. The molecule has 0 unspecified atom stereocenters. The summed E-state index contributed by atoms with van der Waals surface area (Å²) in [7, 11) is 0. The molecular formula is C24H14. The maximum absolute atomic E-state index is 4.04. The van der Waals surface area contributed by atoms with Crippen LogP contribution >= 0.6 is 0 Å². The minimum Gasteiger partial charge on any atom is -0.0984 e. The smallest absolute Gasteiger partial charge is 0.000808 e. The van der Waals surface area contributed by atoms with Gasteiger partial charge < -0.3 is 0 Å². The van der Waals surface area contributed by atoms with Gasteiger partial charge in [0.2, 0.25) is 0 Å². The summed E-state index contributed by atoms with van der Waals surface area (Å²) in [6, 6.07) is 24.6. The molecule has 0 aliphatic rings. The molecule has 0 saturated carbocycles. The Labute approximate surface area is 139 Å². The van der Waals surface area contributed by atoms with Gasteiger partial charge in [0.15, 0.2) is 0 Å². The van der Waals surface area contributed by atoms with Crippen LogP contribution in [-0.2, 0) is 0 Å². The molecule has 0 atom stereocenters. The topological polar surface area (TPSA) is 0 Å². The molecule has 6 rings (SSSR count). The highest BCUT2D eigenvalue weighted by atomic mass is 14.2. The molecule has 0 fully saturated rings.